The lowest BCUT2D eigenvalue weighted by Gasteiger charge is -2.21. The van der Waals surface area contributed by atoms with Gasteiger partial charge in [0.1, 0.15) is 5.75 Å². The largest absolute Gasteiger partial charge is 0.484 e. The number of carbonyl (C=O) groups is 1. The molecule has 21 heavy (non-hydrogen) atoms. The predicted molar refractivity (Wildman–Crippen MR) is 81.7 cm³/mol. The highest BCUT2D eigenvalue weighted by molar-refractivity contribution is 5.77. The number of pyridine rings is 1. The third kappa shape index (κ3) is 4.49. The van der Waals surface area contributed by atoms with Gasteiger partial charge in [-0.2, -0.15) is 0 Å². The number of nitrogens with two attached hydrogens (primary N) is 1. The summed E-state index contributed by atoms with van der Waals surface area (Å²) in [5, 5.41) is 0. The van der Waals surface area contributed by atoms with E-state index in [0.29, 0.717) is 24.5 Å². The third-order valence-corrected chi connectivity index (χ3v) is 3.10. The van der Waals surface area contributed by atoms with Gasteiger partial charge in [-0.25, -0.2) is 0 Å². The van der Waals surface area contributed by atoms with E-state index in [1.54, 1.807) is 41.6 Å². The second-order valence-electron chi connectivity index (χ2n) is 4.62. The predicted octanol–water partition coefficient (Wildman–Crippen LogP) is 2.09. The summed E-state index contributed by atoms with van der Waals surface area (Å²) in [5.41, 5.74) is 7.32. The van der Waals surface area contributed by atoms with Crippen molar-refractivity contribution in [3.63, 3.8) is 0 Å². The molecule has 5 nitrogen and oxygen atoms in total. The van der Waals surface area contributed by atoms with Crippen molar-refractivity contribution < 1.29 is 9.53 Å². The van der Waals surface area contributed by atoms with Crippen molar-refractivity contribution in [3.05, 3.63) is 54.4 Å². The van der Waals surface area contributed by atoms with Crippen molar-refractivity contribution in [3.8, 4) is 5.75 Å². The van der Waals surface area contributed by atoms with E-state index < -0.39 is 0 Å². The zero-order chi connectivity index (χ0) is 15.1. The van der Waals surface area contributed by atoms with Crippen LogP contribution in [-0.4, -0.2) is 28.9 Å². The molecule has 0 saturated heterocycles. The molecule has 0 saturated carbocycles. The smallest absolute Gasteiger partial charge is 0.260 e. The van der Waals surface area contributed by atoms with Crippen LogP contribution in [0.15, 0.2) is 48.8 Å². The van der Waals surface area contributed by atoms with Crippen LogP contribution in [0.5, 0.6) is 5.75 Å². The number of carbonyl (C=O) groups excluding carboxylic acids is 1. The summed E-state index contributed by atoms with van der Waals surface area (Å²) in [7, 11) is 0. The Morgan fingerprint density at radius 2 is 1.86 bits per heavy atom. The van der Waals surface area contributed by atoms with Gasteiger partial charge >= 0.3 is 0 Å². The number of nitrogens with zero attached hydrogens (tertiary/aromatic N) is 2. The van der Waals surface area contributed by atoms with E-state index in [9.17, 15) is 4.79 Å². The van der Waals surface area contributed by atoms with Crippen LogP contribution in [0, 0.1) is 0 Å². The van der Waals surface area contributed by atoms with Gasteiger partial charge in [-0.3, -0.25) is 9.78 Å². The van der Waals surface area contributed by atoms with Gasteiger partial charge in [0.2, 0.25) is 0 Å². The van der Waals surface area contributed by atoms with Gasteiger partial charge in [0, 0.05) is 31.2 Å². The molecule has 1 aromatic carbocycles. The summed E-state index contributed by atoms with van der Waals surface area (Å²) in [5.74, 6) is 0.587. The summed E-state index contributed by atoms with van der Waals surface area (Å²) in [6, 6.07) is 10.8. The van der Waals surface area contributed by atoms with E-state index in [1.807, 2.05) is 19.1 Å². The average molecular weight is 285 g/mol. The van der Waals surface area contributed by atoms with Crippen LogP contribution in [0.2, 0.25) is 0 Å². The van der Waals surface area contributed by atoms with Crippen molar-refractivity contribution in [1.29, 1.82) is 0 Å². The molecule has 0 radical (unpaired) electrons. The summed E-state index contributed by atoms with van der Waals surface area (Å²) >= 11 is 0. The van der Waals surface area contributed by atoms with E-state index in [2.05, 4.69) is 4.98 Å². The summed E-state index contributed by atoms with van der Waals surface area (Å²) < 4.78 is 5.48. The lowest BCUT2D eigenvalue weighted by atomic mass is 10.2. The number of nitrogen functional groups attached to an aromatic ring is 1. The van der Waals surface area contributed by atoms with Crippen molar-refractivity contribution in [2.24, 2.45) is 0 Å². The Labute approximate surface area is 124 Å². The lowest BCUT2D eigenvalue weighted by Crippen LogP contribution is -2.34. The maximum Gasteiger partial charge on any atom is 0.260 e. The molecule has 5 heteroatoms. The number of amides is 1. The van der Waals surface area contributed by atoms with Crippen molar-refractivity contribution >= 4 is 11.6 Å². The first-order chi connectivity index (χ1) is 10.2. The van der Waals surface area contributed by atoms with Crippen molar-refractivity contribution in [2.45, 2.75) is 13.5 Å². The van der Waals surface area contributed by atoms with E-state index in [4.69, 9.17) is 10.5 Å². The SMILES string of the molecule is CCN(Cc1ccncc1)C(=O)COc1ccc(N)cc1. The van der Waals surface area contributed by atoms with Gasteiger partial charge in [0.25, 0.3) is 5.91 Å². The molecule has 1 amide bonds. The van der Waals surface area contributed by atoms with Crippen molar-refractivity contribution in [2.75, 3.05) is 18.9 Å². The molecule has 0 unspecified atom stereocenters. The Hall–Kier alpha value is -2.56. The molecule has 0 aliphatic heterocycles. The molecule has 0 atom stereocenters. The van der Waals surface area contributed by atoms with E-state index in [0.717, 1.165) is 5.56 Å². The fraction of sp³-hybridized carbons (Fsp3) is 0.250. The second-order valence-corrected chi connectivity index (χ2v) is 4.62. The Balaban J connectivity index is 1.89. The fourth-order valence-electron chi connectivity index (χ4n) is 1.89. The van der Waals surface area contributed by atoms with Gasteiger partial charge in [0.05, 0.1) is 0 Å². The molecule has 0 bridgehead atoms. The van der Waals surface area contributed by atoms with Crippen LogP contribution in [0.25, 0.3) is 0 Å². The van der Waals surface area contributed by atoms with E-state index >= 15 is 0 Å². The van der Waals surface area contributed by atoms with Gasteiger partial charge < -0.3 is 15.4 Å². The van der Waals surface area contributed by atoms with Crippen LogP contribution in [0.3, 0.4) is 0 Å². The van der Waals surface area contributed by atoms with Gasteiger partial charge in [-0.15, -0.1) is 0 Å². The quantitative estimate of drug-likeness (QED) is 0.825. The van der Waals surface area contributed by atoms with Crippen LogP contribution < -0.4 is 10.5 Å². The molecular weight excluding hydrogens is 266 g/mol. The summed E-state index contributed by atoms with van der Waals surface area (Å²) in [6.07, 6.45) is 3.44. The standard InChI is InChI=1S/C16H19N3O2/c1-2-19(11-13-7-9-18-10-8-13)16(20)12-21-15-5-3-14(17)4-6-15/h3-10H,2,11-12,17H2,1H3. The number of hydrogen-bond acceptors (Lipinski definition) is 4. The van der Waals surface area contributed by atoms with E-state index in [-0.39, 0.29) is 12.5 Å². The number of anilines is 1. The topological polar surface area (TPSA) is 68.5 Å². The maximum absolute atomic E-state index is 12.2. The first-order valence-electron chi connectivity index (χ1n) is 6.84. The normalized spacial score (nSPS) is 10.1. The molecule has 0 aliphatic rings. The van der Waals surface area contributed by atoms with Gasteiger partial charge in [0.15, 0.2) is 6.61 Å². The fourth-order valence-corrected chi connectivity index (χ4v) is 1.89. The monoisotopic (exact) mass is 285 g/mol. The van der Waals surface area contributed by atoms with E-state index in [1.165, 1.54) is 0 Å². The van der Waals surface area contributed by atoms with Crippen molar-refractivity contribution in [1.82, 2.24) is 9.88 Å². The molecule has 2 N–H and O–H groups in total. The maximum atomic E-state index is 12.2. The van der Waals surface area contributed by atoms with Crippen LogP contribution in [-0.2, 0) is 11.3 Å². The molecular formula is C16H19N3O2. The molecule has 1 heterocycles. The highest BCUT2D eigenvalue weighted by Gasteiger charge is 2.12. The minimum atomic E-state index is -0.0499. The molecule has 2 rings (SSSR count). The number of aromatic nitrogens is 1. The second kappa shape index (κ2) is 7.28. The summed E-state index contributed by atoms with van der Waals surface area (Å²) in [6.45, 7) is 3.15. The third-order valence-electron chi connectivity index (χ3n) is 3.10. The molecule has 0 aliphatic carbocycles. The molecule has 0 spiro atoms. The zero-order valence-corrected chi connectivity index (χ0v) is 12.0. The number of likely N-dealkylation sites (N-methyl/N-ethyl adjacent to an activating group) is 1. The van der Waals surface area contributed by atoms with Gasteiger partial charge in [-0.1, -0.05) is 0 Å². The Morgan fingerprint density at radius 1 is 1.19 bits per heavy atom. The molecule has 2 aromatic rings. The molecule has 1 aromatic heterocycles. The molecule has 110 valence electrons. The van der Waals surface area contributed by atoms with Crippen LogP contribution in [0.1, 0.15) is 12.5 Å². The Bertz CT molecular complexity index is 570. The number of ether oxygens (including phenoxy) is 1. The first kappa shape index (κ1) is 14.8. The first-order valence-corrected chi connectivity index (χ1v) is 6.84. The Kier molecular flexibility index (Phi) is 5.15. The molecule has 0 fully saturated rings. The minimum absolute atomic E-state index is 0.0167. The number of hydrogen-bond donors (Lipinski definition) is 1. The zero-order valence-electron chi connectivity index (χ0n) is 12.0. The number of rotatable bonds is 6. The minimum Gasteiger partial charge on any atom is -0.484 e. The number of benzene rings is 1. The van der Waals surface area contributed by atoms with Crippen LogP contribution in [0.4, 0.5) is 5.69 Å². The van der Waals surface area contributed by atoms with Gasteiger partial charge in [-0.05, 0) is 48.9 Å². The highest BCUT2D eigenvalue weighted by atomic mass is 16.5. The lowest BCUT2D eigenvalue weighted by molar-refractivity contribution is -0.133. The van der Waals surface area contributed by atoms with Crippen LogP contribution >= 0.6 is 0 Å². The average Bonchev–Trinajstić information content (AvgIpc) is 2.52. The highest BCUT2D eigenvalue weighted by Crippen LogP contribution is 2.13. The summed E-state index contributed by atoms with van der Waals surface area (Å²) in [4.78, 5) is 17.9. The Morgan fingerprint density at radius 3 is 2.48 bits per heavy atom.